The summed E-state index contributed by atoms with van der Waals surface area (Å²) in [5, 5.41) is 7.95. The van der Waals surface area contributed by atoms with Crippen LogP contribution in [0.3, 0.4) is 0 Å². The lowest BCUT2D eigenvalue weighted by Crippen LogP contribution is -2.69. The van der Waals surface area contributed by atoms with Gasteiger partial charge in [-0.3, -0.25) is 4.79 Å². The molecular formula is C28H26N2O2S. The Morgan fingerprint density at radius 1 is 0.879 bits per heavy atom. The van der Waals surface area contributed by atoms with Crippen molar-refractivity contribution in [3.8, 4) is 5.75 Å². The number of Topliss-reactive ketones (excluding diaryl/α,β-unsaturated/α-hetero) is 1. The average Bonchev–Trinajstić information content (AvgIpc) is 3.27. The van der Waals surface area contributed by atoms with E-state index in [9.17, 15) is 4.79 Å². The Balaban J connectivity index is 1.59. The number of carbonyl (C=O) groups excluding carboxylic acids is 1. The molecule has 0 N–H and O–H groups in total. The van der Waals surface area contributed by atoms with Gasteiger partial charge in [-0.05, 0) is 56.9 Å². The fraction of sp³-hybridized carbons (Fsp3) is 0.286. The van der Waals surface area contributed by atoms with E-state index in [1.54, 1.807) is 11.8 Å². The summed E-state index contributed by atoms with van der Waals surface area (Å²) in [5.74, 6) is 0.791. The number of carbonyl (C=O) groups is 1. The number of hydrogen-bond donors (Lipinski definition) is 0. The van der Waals surface area contributed by atoms with Gasteiger partial charge in [0.25, 0.3) is 0 Å². The molecule has 2 aliphatic heterocycles. The molecule has 0 unspecified atom stereocenters. The zero-order chi connectivity index (χ0) is 22.5. The zero-order valence-electron chi connectivity index (χ0n) is 18.7. The van der Waals surface area contributed by atoms with Crippen molar-refractivity contribution in [1.82, 2.24) is 0 Å². The van der Waals surface area contributed by atoms with E-state index in [1.807, 2.05) is 47.5 Å². The predicted molar refractivity (Wildman–Crippen MR) is 134 cm³/mol. The van der Waals surface area contributed by atoms with Crippen molar-refractivity contribution in [3.63, 3.8) is 0 Å². The quantitative estimate of drug-likeness (QED) is 0.438. The molecule has 6 rings (SSSR count). The molecule has 0 saturated heterocycles. The number of ether oxygens (including phenoxy) is 1. The number of thioether (sulfide) groups is 1. The van der Waals surface area contributed by atoms with Gasteiger partial charge in [0.2, 0.25) is 10.7 Å². The Bertz CT molecular complexity index is 1230. The van der Waals surface area contributed by atoms with Crippen LogP contribution in [-0.2, 0) is 0 Å². The van der Waals surface area contributed by atoms with Crippen LogP contribution in [0.5, 0.6) is 5.75 Å². The highest BCUT2D eigenvalue weighted by Crippen LogP contribution is 2.59. The molecule has 0 bridgehead atoms. The Hall–Kier alpha value is -3.05. The van der Waals surface area contributed by atoms with Gasteiger partial charge in [-0.1, -0.05) is 78.3 Å². The van der Waals surface area contributed by atoms with E-state index >= 15 is 0 Å². The van der Waals surface area contributed by atoms with Crippen LogP contribution in [-0.4, -0.2) is 21.3 Å². The van der Waals surface area contributed by atoms with E-state index in [2.05, 4.69) is 43.3 Å². The van der Waals surface area contributed by atoms with Crippen LogP contribution in [0.15, 0.2) is 84.0 Å². The molecule has 0 amide bonds. The number of ketones is 1. The van der Waals surface area contributed by atoms with E-state index in [-0.39, 0.29) is 5.78 Å². The Morgan fingerprint density at radius 3 is 2.33 bits per heavy atom. The summed E-state index contributed by atoms with van der Waals surface area (Å²) >= 11 is 1.57. The third kappa shape index (κ3) is 3.06. The molecule has 1 atom stereocenters. The number of fused-ring (bicyclic) bond motifs is 2. The Labute approximate surface area is 198 Å². The summed E-state index contributed by atoms with van der Waals surface area (Å²) in [7, 11) is 0. The average molecular weight is 455 g/mol. The summed E-state index contributed by atoms with van der Waals surface area (Å²) in [4.78, 5) is 13.5. The van der Waals surface area contributed by atoms with Gasteiger partial charge in [-0.25, -0.2) is 5.01 Å². The third-order valence-electron chi connectivity index (χ3n) is 7.06. The normalized spacial score (nSPS) is 23.4. The first kappa shape index (κ1) is 20.5. The maximum atomic E-state index is 14.5. The SMILES string of the molecule is Cc1ccc(N2N=C(c3ccccc3)S[C@]23C(=O)c2ccccc2OC32CCCCC2)cc1. The van der Waals surface area contributed by atoms with Crippen LogP contribution >= 0.6 is 11.8 Å². The van der Waals surface area contributed by atoms with E-state index in [0.29, 0.717) is 11.3 Å². The first-order chi connectivity index (χ1) is 16.1. The molecule has 3 aliphatic rings. The van der Waals surface area contributed by atoms with E-state index < -0.39 is 10.5 Å². The minimum Gasteiger partial charge on any atom is -0.483 e. The third-order valence-corrected chi connectivity index (χ3v) is 8.59. The fourth-order valence-corrected chi connectivity index (χ4v) is 6.92. The van der Waals surface area contributed by atoms with Crippen molar-refractivity contribution in [3.05, 3.63) is 95.6 Å². The molecule has 1 saturated carbocycles. The lowest BCUT2D eigenvalue weighted by Gasteiger charge is -2.54. The summed E-state index contributed by atoms with van der Waals surface area (Å²) in [5.41, 5.74) is 3.11. The smallest absolute Gasteiger partial charge is 0.216 e. The maximum Gasteiger partial charge on any atom is 0.216 e. The van der Waals surface area contributed by atoms with Crippen LogP contribution in [0.4, 0.5) is 5.69 Å². The van der Waals surface area contributed by atoms with Gasteiger partial charge < -0.3 is 4.74 Å². The van der Waals surface area contributed by atoms with E-state index in [0.717, 1.165) is 42.0 Å². The molecule has 2 heterocycles. The fourth-order valence-electron chi connectivity index (χ4n) is 5.39. The Kier molecular flexibility index (Phi) is 4.84. The topological polar surface area (TPSA) is 41.9 Å². The van der Waals surface area contributed by atoms with Crippen LogP contribution < -0.4 is 9.75 Å². The monoisotopic (exact) mass is 454 g/mol. The lowest BCUT2D eigenvalue weighted by molar-refractivity contribution is -0.0118. The number of nitrogens with zero attached hydrogens (tertiary/aromatic N) is 2. The number of hydrogen-bond acceptors (Lipinski definition) is 5. The van der Waals surface area contributed by atoms with Crippen molar-refractivity contribution in [2.75, 3.05) is 5.01 Å². The number of para-hydroxylation sites is 1. The minimum atomic E-state index is -0.984. The van der Waals surface area contributed by atoms with Crippen molar-refractivity contribution < 1.29 is 9.53 Å². The summed E-state index contributed by atoms with van der Waals surface area (Å²) in [6.07, 6.45) is 4.92. The maximum absolute atomic E-state index is 14.5. The number of hydrazone groups is 1. The highest BCUT2D eigenvalue weighted by atomic mass is 32.2. The molecule has 0 aromatic heterocycles. The van der Waals surface area contributed by atoms with Crippen LogP contribution in [0.25, 0.3) is 0 Å². The molecule has 4 nitrogen and oxygen atoms in total. The molecule has 2 spiro atoms. The van der Waals surface area contributed by atoms with E-state index in [1.165, 1.54) is 12.0 Å². The molecule has 166 valence electrons. The molecular weight excluding hydrogens is 428 g/mol. The predicted octanol–water partition coefficient (Wildman–Crippen LogP) is 6.58. The summed E-state index contributed by atoms with van der Waals surface area (Å²) < 4.78 is 6.87. The second-order valence-corrected chi connectivity index (χ2v) is 10.3. The van der Waals surface area contributed by atoms with Crippen molar-refractivity contribution in [2.45, 2.75) is 49.5 Å². The van der Waals surface area contributed by atoms with Gasteiger partial charge >= 0.3 is 0 Å². The first-order valence-corrected chi connectivity index (χ1v) is 12.5. The molecule has 1 aliphatic carbocycles. The van der Waals surface area contributed by atoms with Crippen molar-refractivity contribution in [1.29, 1.82) is 0 Å². The second-order valence-electron chi connectivity index (χ2n) is 9.15. The number of aryl methyl sites for hydroxylation is 1. The van der Waals surface area contributed by atoms with Gasteiger partial charge in [0, 0.05) is 5.56 Å². The van der Waals surface area contributed by atoms with Crippen molar-refractivity contribution in [2.24, 2.45) is 5.10 Å². The Morgan fingerprint density at radius 2 is 1.58 bits per heavy atom. The highest BCUT2D eigenvalue weighted by Gasteiger charge is 2.68. The molecule has 1 fully saturated rings. The van der Waals surface area contributed by atoms with Crippen LogP contribution in [0, 0.1) is 6.92 Å². The van der Waals surface area contributed by atoms with Crippen molar-refractivity contribution >= 4 is 28.3 Å². The lowest BCUT2D eigenvalue weighted by atomic mass is 9.73. The number of rotatable bonds is 2. The highest BCUT2D eigenvalue weighted by molar-refractivity contribution is 8.16. The van der Waals surface area contributed by atoms with Crippen LogP contribution in [0.1, 0.15) is 53.6 Å². The van der Waals surface area contributed by atoms with Gasteiger partial charge in [0.15, 0.2) is 5.60 Å². The number of benzene rings is 3. The first-order valence-electron chi connectivity index (χ1n) is 11.7. The minimum absolute atomic E-state index is 0.0894. The molecule has 5 heteroatoms. The van der Waals surface area contributed by atoms with E-state index in [4.69, 9.17) is 9.84 Å². The molecule has 0 radical (unpaired) electrons. The molecule has 3 aromatic rings. The van der Waals surface area contributed by atoms with Gasteiger partial charge in [0.05, 0.1) is 11.3 Å². The van der Waals surface area contributed by atoms with Gasteiger partial charge in [0.1, 0.15) is 10.8 Å². The van der Waals surface area contributed by atoms with Crippen LogP contribution in [0.2, 0.25) is 0 Å². The summed E-state index contributed by atoms with van der Waals surface area (Å²) in [6, 6.07) is 26.2. The standard InChI is InChI=1S/C28H26N2O2S/c1-20-14-16-22(17-15-20)30-28(33-26(29-30)21-10-4-2-5-11-21)25(31)23-12-6-7-13-24(23)32-27(28)18-8-3-9-19-27/h2,4-7,10-17H,3,8-9,18-19H2,1H3/t28-/m0/s1. The number of anilines is 1. The molecule has 3 aromatic carbocycles. The summed E-state index contributed by atoms with van der Waals surface area (Å²) in [6.45, 7) is 2.07. The van der Waals surface area contributed by atoms with Gasteiger partial charge in [-0.15, -0.1) is 0 Å². The van der Waals surface area contributed by atoms with Gasteiger partial charge in [-0.2, -0.15) is 5.10 Å². The largest absolute Gasteiger partial charge is 0.483 e. The second kappa shape index (κ2) is 7.77. The molecule has 33 heavy (non-hydrogen) atoms. The zero-order valence-corrected chi connectivity index (χ0v) is 19.5.